The molecule has 0 fully saturated rings. The van der Waals surface area contributed by atoms with E-state index in [1.165, 1.54) is 4.90 Å². The lowest BCUT2D eigenvalue weighted by molar-refractivity contribution is 0.0608. The zero-order valence-corrected chi connectivity index (χ0v) is 14.9. The van der Waals surface area contributed by atoms with Crippen molar-refractivity contribution in [3.63, 3.8) is 0 Å². The molecule has 1 aromatic heterocycles. The number of pyridine rings is 1. The number of ketones is 1. The molecule has 2 aromatic carbocycles. The minimum absolute atomic E-state index is 0.229. The summed E-state index contributed by atoms with van der Waals surface area (Å²) in [4.78, 5) is 44.1. The van der Waals surface area contributed by atoms with Crippen molar-refractivity contribution in [2.24, 2.45) is 0 Å². The topological polar surface area (TPSA) is 67.3 Å². The van der Waals surface area contributed by atoms with Gasteiger partial charge < -0.3 is 0 Å². The molecule has 2 amide bonds. The number of hydrogen-bond acceptors (Lipinski definition) is 4. The van der Waals surface area contributed by atoms with E-state index >= 15 is 0 Å². The van der Waals surface area contributed by atoms with Gasteiger partial charge in [0.15, 0.2) is 0 Å². The van der Waals surface area contributed by atoms with Gasteiger partial charge in [-0.15, -0.1) is 0 Å². The molecule has 3 aromatic rings. The van der Waals surface area contributed by atoms with Crippen molar-refractivity contribution in [1.82, 2.24) is 9.88 Å². The molecule has 0 atom stereocenters. The largest absolute Gasteiger partial charge is 0.287 e. The number of unbranched alkanes of at least 4 members (excludes halogenated alkanes) is 1. The van der Waals surface area contributed by atoms with Crippen LogP contribution >= 0.6 is 0 Å². The van der Waals surface area contributed by atoms with E-state index in [9.17, 15) is 14.4 Å². The number of amides is 2. The molecule has 0 N–H and O–H groups in total. The summed E-state index contributed by atoms with van der Waals surface area (Å²) in [5.41, 5.74) is 1.70. The highest BCUT2D eigenvalue weighted by Gasteiger charge is 2.33. The molecular formula is C22H18N2O3. The Morgan fingerprint density at radius 2 is 1.74 bits per heavy atom. The summed E-state index contributed by atoms with van der Waals surface area (Å²) >= 11 is 0. The molecule has 1 aliphatic rings. The van der Waals surface area contributed by atoms with Gasteiger partial charge in [-0.25, -0.2) is 0 Å². The van der Waals surface area contributed by atoms with Gasteiger partial charge in [0, 0.05) is 34.8 Å². The molecule has 0 spiro atoms. The first-order chi connectivity index (χ1) is 13.1. The second kappa shape index (κ2) is 6.76. The molecule has 0 unspecified atom stereocenters. The Morgan fingerprint density at radius 3 is 2.44 bits per heavy atom. The average Bonchev–Trinajstić information content (AvgIpc) is 2.71. The van der Waals surface area contributed by atoms with Crippen LogP contribution in [0.2, 0.25) is 0 Å². The smallest absolute Gasteiger partial charge is 0.261 e. The minimum atomic E-state index is -0.297. The molecule has 5 heteroatoms. The van der Waals surface area contributed by atoms with Crippen molar-refractivity contribution in [3.8, 4) is 0 Å². The molecular weight excluding hydrogens is 340 g/mol. The predicted molar refractivity (Wildman–Crippen MR) is 102 cm³/mol. The van der Waals surface area contributed by atoms with E-state index in [0.29, 0.717) is 39.7 Å². The van der Waals surface area contributed by atoms with Gasteiger partial charge in [-0.2, -0.15) is 0 Å². The van der Waals surface area contributed by atoms with Gasteiger partial charge in [0.05, 0.1) is 0 Å². The third-order valence-electron chi connectivity index (χ3n) is 4.87. The molecule has 1 aliphatic heterocycles. The third-order valence-corrected chi connectivity index (χ3v) is 4.87. The van der Waals surface area contributed by atoms with Gasteiger partial charge in [-0.05, 0) is 42.1 Å². The number of rotatable bonds is 5. The number of imide groups is 1. The van der Waals surface area contributed by atoms with Crippen molar-refractivity contribution in [3.05, 3.63) is 77.1 Å². The highest BCUT2D eigenvalue weighted by atomic mass is 16.2. The Kier molecular flexibility index (Phi) is 4.28. The monoisotopic (exact) mass is 358 g/mol. The number of nitrogens with zero attached hydrogens (tertiary/aromatic N) is 2. The van der Waals surface area contributed by atoms with Gasteiger partial charge in [0.2, 0.25) is 5.78 Å². The Balaban J connectivity index is 1.89. The van der Waals surface area contributed by atoms with E-state index in [1.807, 2.05) is 6.92 Å². The van der Waals surface area contributed by atoms with Crippen LogP contribution in [0.15, 0.2) is 54.7 Å². The summed E-state index contributed by atoms with van der Waals surface area (Å²) in [7, 11) is 0. The van der Waals surface area contributed by atoms with E-state index in [1.54, 1.807) is 54.7 Å². The summed E-state index contributed by atoms with van der Waals surface area (Å²) in [6.07, 6.45) is 3.22. The Morgan fingerprint density at radius 1 is 0.963 bits per heavy atom. The lowest BCUT2D eigenvalue weighted by Crippen LogP contribution is -2.40. The van der Waals surface area contributed by atoms with Crippen molar-refractivity contribution < 1.29 is 14.4 Å². The summed E-state index contributed by atoms with van der Waals surface area (Å²) in [5.74, 6) is -0.824. The summed E-state index contributed by atoms with van der Waals surface area (Å²) < 4.78 is 0. The van der Waals surface area contributed by atoms with Gasteiger partial charge in [0.25, 0.3) is 11.8 Å². The van der Waals surface area contributed by atoms with E-state index < -0.39 is 0 Å². The fourth-order valence-corrected chi connectivity index (χ4v) is 3.50. The predicted octanol–water partition coefficient (Wildman–Crippen LogP) is 3.86. The molecule has 2 heterocycles. The van der Waals surface area contributed by atoms with Crippen LogP contribution in [0.5, 0.6) is 0 Å². The first-order valence-corrected chi connectivity index (χ1v) is 9.01. The Labute approximate surface area is 156 Å². The maximum absolute atomic E-state index is 12.9. The van der Waals surface area contributed by atoms with Gasteiger partial charge in [0.1, 0.15) is 5.69 Å². The van der Waals surface area contributed by atoms with E-state index in [-0.39, 0.29) is 17.6 Å². The van der Waals surface area contributed by atoms with Crippen molar-refractivity contribution in [1.29, 1.82) is 0 Å². The van der Waals surface area contributed by atoms with E-state index in [4.69, 9.17) is 0 Å². The van der Waals surface area contributed by atoms with Crippen molar-refractivity contribution in [2.75, 3.05) is 6.54 Å². The van der Waals surface area contributed by atoms with Crippen LogP contribution in [-0.4, -0.2) is 34.0 Å². The molecule has 4 rings (SSSR count). The second-order valence-corrected chi connectivity index (χ2v) is 6.55. The molecule has 0 aliphatic carbocycles. The van der Waals surface area contributed by atoms with Gasteiger partial charge in [-0.3, -0.25) is 24.3 Å². The van der Waals surface area contributed by atoms with Gasteiger partial charge >= 0.3 is 0 Å². The molecule has 134 valence electrons. The Hall–Kier alpha value is -3.34. The van der Waals surface area contributed by atoms with Crippen LogP contribution in [-0.2, 0) is 0 Å². The lowest BCUT2D eigenvalue weighted by Gasteiger charge is -2.27. The number of aromatic nitrogens is 1. The highest BCUT2D eigenvalue weighted by molar-refractivity contribution is 6.28. The molecule has 5 nitrogen and oxygen atoms in total. The lowest BCUT2D eigenvalue weighted by atomic mass is 9.89. The zero-order valence-electron chi connectivity index (χ0n) is 14.9. The van der Waals surface area contributed by atoms with Crippen LogP contribution in [0.4, 0.5) is 0 Å². The fourth-order valence-electron chi connectivity index (χ4n) is 3.50. The molecule has 27 heavy (non-hydrogen) atoms. The molecule has 0 radical (unpaired) electrons. The highest BCUT2D eigenvalue weighted by Crippen LogP contribution is 2.33. The quantitative estimate of drug-likeness (QED) is 0.513. The summed E-state index contributed by atoms with van der Waals surface area (Å²) in [6.45, 7) is 2.42. The maximum atomic E-state index is 12.9. The number of hydrogen-bond donors (Lipinski definition) is 0. The first kappa shape index (κ1) is 17.1. The van der Waals surface area contributed by atoms with Crippen LogP contribution in [0.1, 0.15) is 56.5 Å². The number of benzene rings is 2. The normalized spacial score (nSPS) is 13.3. The van der Waals surface area contributed by atoms with Crippen LogP contribution in [0.3, 0.4) is 0 Å². The van der Waals surface area contributed by atoms with Crippen LogP contribution in [0.25, 0.3) is 10.8 Å². The zero-order chi connectivity index (χ0) is 19.0. The third kappa shape index (κ3) is 2.72. The second-order valence-electron chi connectivity index (χ2n) is 6.55. The average molecular weight is 358 g/mol. The standard InChI is InChI=1S/C22H18N2O3/c1-2-3-13-24-21(26)16-8-6-7-14-15(10-11-17(19(14)16)22(24)27)20(25)18-9-4-5-12-23-18/h4-12H,2-3,13H2,1H3. The van der Waals surface area contributed by atoms with Gasteiger partial charge in [-0.1, -0.05) is 31.5 Å². The first-order valence-electron chi connectivity index (χ1n) is 9.01. The fraction of sp³-hybridized carbons (Fsp3) is 0.182. The Bertz CT molecular complexity index is 1050. The number of carbonyl (C=O) groups excluding carboxylic acids is 3. The van der Waals surface area contributed by atoms with Crippen LogP contribution in [0, 0.1) is 0 Å². The maximum Gasteiger partial charge on any atom is 0.261 e. The summed E-state index contributed by atoms with van der Waals surface area (Å²) in [5, 5.41) is 1.17. The van der Waals surface area contributed by atoms with Crippen molar-refractivity contribution >= 4 is 28.4 Å². The van der Waals surface area contributed by atoms with E-state index in [2.05, 4.69) is 4.98 Å². The van der Waals surface area contributed by atoms with E-state index in [0.717, 1.165) is 12.8 Å². The number of carbonyl (C=O) groups is 3. The minimum Gasteiger partial charge on any atom is -0.287 e. The van der Waals surface area contributed by atoms with Crippen molar-refractivity contribution in [2.45, 2.75) is 19.8 Å². The molecule has 0 bridgehead atoms. The SMILES string of the molecule is CCCCN1C(=O)c2cccc3c(C(=O)c4ccccn4)ccc(c23)C1=O. The summed E-state index contributed by atoms with van der Waals surface area (Å²) in [6, 6.07) is 13.7. The van der Waals surface area contributed by atoms with Crippen LogP contribution < -0.4 is 0 Å². The molecule has 0 saturated heterocycles. The molecule has 0 saturated carbocycles.